The van der Waals surface area contributed by atoms with Crippen LogP contribution in [-0.4, -0.2) is 51.6 Å². The van der Waals surface area contributed by atoms with Crippen molar-refractivity contribution in [2.45, 2.75) is 11.1 Å². The standard InChI is InChI=1S/C13H16AsNO5/c1-15-13(19)14-7-10(12(18)20-2)8-3-5-9(6-4-8)11(16)17/h3-6,10,14H,7H2,1-2H3,(H,15,19)(H,16,17). The van der Waals surface area contributed by atoms with E-state index in [1.54, 1.807) is 19.2 Å². The van der Waals surface area contributed by atoms with Crippen LogP contribution in [0.3, 0.4) is 0 Å². The monoisotopic (exact) mass is 341 g/mol. The van der Waals surface area contributed by atoms with Crippen LogP contribution in [0.25, 0.3) is 0 Å². The van der Waals surface area contributed by atoms with E-state index < -0.39 is 33.6 Å². The van der Waals surface area contributed by atoms with Gasteiger partial charge in [-0.3, -0.25) is 0 Å². The van der Waals surface area contributed by atoms with Crippen LogP contribution < -0.4 is 5.32 Å². The van der Waals surface area contributed by atoms with Gasteiger partial charge in [-0.2, -0.15) is 0 Å². The van der Waals surface area contributed by atoms with Crippen molar-refractivity contribution in [3.05, 3.63) is 35.4 Å². The number of esters is 1. The maximum absolute atomic E-state index is 11.8. The summed E-state index contributed by atoms with van der Waals surface area (Å²) in [5.41, 5.74) is 0.814. The van der Waals surface area contributed by atoms with Crippen LogP contribution in [0.15, 0.2) is 24.3 Å². The average molecular weight is 341 g/mol. The average Bonchev–Trinajstić information content (AvgIpc) is 2.47. The maximum atomic E-state index is 11.8. The van der Waals surface area contributed by atoms with Gasteiger partial charge < -0.3 is 0 Å². The number of methoxy groups -OCH3 is 1. The molecular formula is C13H16AsNO5. The number of nitrogens with one attached hydrogen (secondary N) is 1. The molecule has 6 nitrogen and oxygen atoms in total. The number of carbonyl (C=O) groups is 3. The third-order valence-corrected chi connectivity index (χ3v) is 5.22. The molecule has 0 heterocycles. The minimum atomic E-state index is -1.02. The Hall–Kier alpha value is -1.81. The molecule has 0 fully saturated rings. The van der Waals surface area contributed by atoms with Gasteiger partial charge in [0, 0.05) is 0 Å². The van der Waals surface area contributed by atoms with Crippen LogP contribution in [0.4, 0.5) is 4.79 Å². The number of amides is 1. The fraction of sp³-hybridized carbons (Fsp3) is 0.308. The molecule has 108 valence electrons. The molecule has 1 aromatic rings. The topological polar surface area (TPSA) is 92.7 Å². The molecule has 0 saturated heterocycles. The van der Waals surface area contributed by atoms with Crippen molar-refractivity contribution in [2.24, 2.45) is 0 Å². The first kappa shape index (κ1) is 16.2. The van der Waals surface area contributed by atoms with Crippen molar-refractivity contribution in [1.29, 1.82) is 0 Å². The molecule has 0 aliphatic carbocycles. The normalized spacial score (nSPS) is 12.1. The van der Waals surface area contributed by atoms with Crippen molar-refractivity contribution in [1.82, 2.24) is 5.32 Å². The van der Waals surface area contributed by atoms with E-state index in [-0.39, 0.29) is 10.3 Å². The third-order valence-electron chi connectivity index (χ3n) is 2.74. The Morgan fingerprint density at radius 1 is 1.30 bits per heavy atom. The second kappa shape index (κ2) is 7.70. The zero-order valence-electron chi connectivity index (χ0n) is 11.2. The van der Waals surface area contributed by atoms with Gasteiger partial charge in [-0.15, -0.1) is 0 Å². The van der Waals surface area contributed by atoms with Gasteiger partial charge in [-0.05, 0) is 0 Å². The van der Waals surface area contributed by atoms with Gasteiger partial charge in [-0.1, -0.05) is 0 Å². The molecule has 0 bridgehead atoms. The minimum absolute atomic E-state index is 0.0407. The van der Waals surface area contributed by atoms with Gasteiger partial charge in [0.05, 0.1) is 0 Å². The van der Waals surface area contributed by atoms with Gasteiger partial charge in [0.25, 0.3) is 0 Å². The van der Waals surface area contributed by atoms with Gasteiger partial charge in [0.1, 0.15) is 0 Å². The summed E-state index contributed by atoms with van der Waals surface area (Å²) in [6, 6.07) is 6.04. The number of aromatic carboxylic acids is 1. The Balaban J connectivity index is 2.89. The van der Waals surface area contributed by atoms with Gasteiger partial charge >= 0.3 is 123 Å². The van der Waals surface area contributed by atoms with Crippen molar-refractivity contribution in [3.8, 4) is 0 Å². The number of rotatable bonds is 6. The third kappa shape index (κ3) is 4.38. The molecule has 0 aliphatic heterocycles. The number of benzene rings is 1. The summed E-state index contributed by atoms with van der Waals surface area (Å²) in [5.74, 6) is -1.97. The summed E-state index contributed by atoms with van der Waals surface area (Å²) in [6.45, 7) is 0. The van der Waals surface area contributed by atoms with Crippen molar-refractivity contribution >= 4 is 32.4 Å². The van der Waals surface area contributed by atoms with E-state index in [0.29, 0.717) is 10.8 Å². The van der Waals surface area contributed by atoms with Crippen LogP contribution >= 0.6 is 0 Å². The molecule has 0 aromatic heterocycles. The number of ether oxygens (including phenoxy) is 1. The molecule has 1 amide bonds. The van der Waals surface area contributed by atoms with Crippen molar-refractivity contribution < 1.29 is 24.2 Å². The molecule has 0 spiro atoms. The number of carbonyl (C=O) groups excluding carboxylic acids is 2. The Morgan fingerprint density at radius 3 is 2.35 bits per heavy atom. The fourth-order valence-corrected chi connectivity index (χ4v) is 3.65. The van der Waals surface area contributed by atoms with E-state index in [4.69, 9.17) is 9.84 Å². The van der Waals surface area contributed by atoms with Crippen LogP contribution in [0.1, 0.15) is 21.8 Å². The Labute approximate surface area is 123 Å². The summed E-state index contributed by atoms with van der Waals surface area (Å²) in [6.07, 6.45) is 0. The molecule has 2 N–H and O–H groups in total. The number of carboxylic acids is 1. The predicted molar refractivity (Wildman–Crippen MR) is 74.6 cm³/mol. The molecule has 0 saturated carbocycles. The van der Waals surface area contributed by atoms with Crippen LogP contribution in [0, 0.1) is 0 Å². The summed E-state index contributed by atoms with van der Waals surface area (Å²) < 4.78 is 4.70. The van der Waals surface area contributed by atoms with E-state index in [0.717, 1.165) is 0 Å². The molecule has 20 heavy (non-hydrogen) atoms. The second-order valence-electron chi connectivity index (χ2n) is 3.96. The van der Waals surface area contributed by atoms with Crippen molar-refractivity contribution in [2.75, 3.05) is 14.2 Å². The van der Waals surface area contributed by atoms with E-state index in [1.165, 1.54) is 19.2 Å². The van der Waals surface area contributed by atoms with Crippen LogP contribution in [0.2, 0.25) is 5.21 Å². The predicted octanol–water partition coefficient (Wildman–Crippen LogP) is 0.836. The van der Waals surface area contributed by atoms with E-state index in [1.807, 2.05) is 0 Å². The Kier molecular flexibility index (Phi) is 6.25. The number of hydrogen-bond donors (Lipinski definition) is 2. The first-order chi connectivity index (χ1) is 9.49. The first-order valence-electron chi connectivity index (χ1n) is 5.86. The van der Waals surface area contributed by atoms with Crippen molar-refractivity contribution in [3.63, 3.8) is 0 Å². The van der Waals surface area contributed by atoms with Crippen LogP contribution in [0.5, 0.6) is 0 Å². The molecule has 2 unspecified atom stereocenters. The summed E-state index contributed by atoms with van der Waals surface area (Å²) in [7, 11) is 2.85. The summed E-state index contributed by atoms with van der Waals surface area (Å²) in [4.78, 5) is 33.9. The van der Waals surface area contributed by atoms with Gasteiger partial charge in [0.2, 0.25) is 0 Å². The molecule has 1 rings (SSSR count). The molecule has 0 aliphatic rings. The Morgan fingerprint density at radius 2 is 1.90 bits per heavy atom. The quantitative estimate of drug-likeness (QED) is 0.591. The first-order valence-corrected chi connectivity index (χ1v) is 8.39. The van der Waals surface area contributed by atoms with E-state index in [9.17, 15) is 14.4 Å². The molecule has 1 aromatic carbocycles. The van der Waals surface area contributed by atoms with Gasteiger partial charge in [-0.25, -0.2) is 0 Å². The Bertz CT molecular complexity index is 500. The van der Waals surface area contributed by atoms with Crippen LogP contribution in [-0.2, 0) is 9.53 Å². The molecule has 7 heteroatoms. The molecule has 0 radical (unpaired) electrons. The summed E-state index contributed by atoms with van der Waals surface area (Å²) >= 11 is -0.971. The SMILES string of the molecule is CNC(=O)[AsH]CC(C(=O)OC)c1ccc(C(=O)O)cc1. The number of carboxylic acid groups (broad SMARTS) is 1. The fourth-order valence-electron chi connectivity index (χ4n) is 1.62. The summed E-state index contributed by atoms with van der Waals surface area (Å²) in [5, 5.41) is 11.8. The number of hydrogen-bond acceptors (Lipinski definition) is 4. The van der Waals surface area contributed by atoms with Gasteiger partial charge in [0.15, 0.2) is 0 Å². The molecular weight excluding hydrogens is 325 g/mol. The van der Waals surface area contributed by atoms with E-state index >= 15 is 0 Å². The zero-order valence-corrected chi connectivity index (χ0v) is 13.3. The second-order valence-corrected chi connectivity index (χ2v) is 6.51. The molecule has 2 atom stereocenters. The van der Waals surface area contributed by atoms with E-state index in [2.05, 4.69) is 5.32 Å². The zero-order chi connectivity index (χ0) is 15.1.